The highest BCUT2D eigenvalue weighted by Gasteiger charge is 2.28. The lowest BCUT2D eigenvalue weighted by Crippen LogP contribution is -1.99. The zero-order valence-corrected chi connectivity index (χ0v) is 14.5. The Kier molecular flexibility index (Phi) is 3.72. The molecule has 2 aromatic heterocycles. The second-order valence-corrected chi connectivity index (χ2v) is 6.91. The van der Waals surface area contributed by atoms with E-state index < -0.39 is 23.3 Å². The Morgan fingerprint density at radius 3 is 2.39 bits per heavy atom. The quantitative estimate of drug-likeness (QED) is 0.428. The normalized spacial score (nSPS) is 14.0. The Balaban J connectivity index is 1.69. The summed E-state index contributed by atoms with van der Waals surface area (Å²) in [6.07, 6.45) is 3.40. The van der Waals surface area contributed by atoms with Crippen molar-refractivity contribution < 1.29 is 17.6 Å². The largest absolute Gasteiger partial charge is 0.337 e. The summed E-state index contributed by atoms with van der Waals surface area (Å²) in [5.41, 5.74) is 2.34. The van der Waals surface area contributed by atoms with Gasteiger partial charge in [-0.1, -0.05) is 0 Å². The van der Waals surface area contributed by atoms with Crippen molar-refractivity contribution in [2.24, 2.45) is 0 Å². The molecule has 7 heteroatoms. The Morgan fingerprint density at radius 1 is 0.857 bits per heavy atom. The van der Waals surface area contributed by atoms with E-state index >= 15 is 0 Å². The lowest BCUT2D eigenvalue weighted by molar-refractivity contribution is 0.510. The molecule has 1 fully saturated rings. The van der Waals surface area contributed by atoms with Crippen LogP contribution in [0.15, 0.2) is 48.7 Å². The van der Waals surface area contributed by atoms with Crippen LogP contribution in [0.2, 0.25) is 0 Å². The van der Waals surface area contributed by atoms with Crippen LogP contribution in [0.5, 0.6) is 0 Å². The number of halogens is 4. The van der Waals surface area contributed by atoms with Crippen LogP contribution < -0.4 is 0 Å². The maximum Gasteiger partial charge on any atom is 0.160 e. The van der Waals surface area contributed by atoms with Crippen molar-refractivity contribution in [3.63, 3.8) is 0 Å². The van der Waals surface area contributed by atoms with Crippen LogP contribution in [0.3, 0.4) is 0 Å². The molecule has 0 aliphatic heterocycles. The topological polar surface area (TPSA) is 30.7 Å². The third-order valence-corrected chi connectivity index (χ3v) is 4.95. The summed E-state index contributed by atoms with van der Waals surface area (Å²) in [6, 6.07) is 9.21. The molecule has 3 nitrogen and oxygen atoms in total. The molecule has 0 atom stereocenters. The minimum Gasteiger partial charge on any atom is -0.337 e. The van der Waals surface area contributed by atoms with E-state index in [9.17, 15) is 17.6 Å². The lowest BCUT2D eigenvalue weighted by Gasteiger charge is -2.10. The van der Waals surface area contributed by atoms with Gasteiger partial charge in [-0.2, -0.15) is 10.2 Å². The molecular formula is C21H13F4N3. The number of aromatic nitrogens is 3. The van der Waals surface area contributed by atoms with Crippen LogP contribution in [-0.4, -0.2) is 14.8 Å². The number of hydrogen-bond acceptors (Lipinski definition) is 2. The molecule has 2 heterocycles. The lowest BCUT2D eigenvalue weighted by atomic mass is 10.1. The first-order valence-electron chi connectivity index (χ1n) is 8.80. The van der Waals surface area contributed by atoms with Gasteiger partial charge in [0.05, 0.1) is 23.1 Å². The molecule has 28 heavy (non-hydrogen) atoms. The van der Waals surface area contributed by atoms with Crippen molar-refractivity contribution in [3.05, 3.63) is 71.9 Å². The Hall–Kier alpha value is -3.22. The third-order valence-electron chi connectivity index (χ3n) is 4.95. The van der Waals surface area contributed by atoms with Gasteiger partial charge in [-0.25, -0.2) is 17.6 Å². The van der Waals surface area contributed by atoms with E-state index in [-0.39, 0.29) is 17.3 Å². The van der Waals surface area contributed by atoms with Crippen LogP contribution in [0, 0.1) is 23.3 Å². The Bertz CT molecular complexity index is 1230. The number of hydrogen-bond donors (Lipinski definition) is 0. The first-order valence-corrected chi connectivity index (χ1v) is 8.80. The van der Waals surface area contributed by atoms with Crippen molar-refractivity contribution in [2.45, 2.75) is 18.9 Å². The maximum absolute atomic E-state index is 14.1. The molecule has 4 aromatic rings. The summed E-state index contributed by atoms with van der Waals surface area (Å²) in [4.78, 5) is 0. The molecular weight excluding hydrogens is 370 g/mol. The van der Waals surface area contributed by atoms with Gasteiger partial charge in [0, 0.05) is 34.7 Å². The Morgan fingerprint density at radius 2 is 1.64 bits per heavy atom. The summed E-state index contributed by atoms with van der Waals surface area (Å²) >= 11 is 0. The second kappa shape index (κ2) is 6.15. The van der Waals surface area contributed by atoms with Crippen molar-refractivity contribution in [1.29, 1.82) is 0 Å². The molecule has 0 N–H and O–H groups in total. The van der Waals surface area contributed by atoms with Crippen LogP contribution in [0.1, 0.15) is 18.9 Å². The molecule has 2 aromatic carbocycles. The number of nitrogens with zero attached hydrogens (tertiary/aromatic N) is 3. The van der Waals surface area contributed by atoms with Gasteiger partial charge in [0.15, 0.2) is 11.6 Å². The molecule has 0 spiro atoms. The van der Waals surface area contributed by atoms with E-state index in [0.717, 1.165) is 30.7 Å². The second-order valence-electron chi connectivity index (χ2n) is 6.91. The van der Waals surface area contributed by atoms with Gasteiger partial charge in [-0.05, 0) is 43.2 Å². The highest BCUT2D eigenvalue weighted by Crippen LogP contribution is 2.43. The molecule has 5 rings (SSSR count). The van der Waals surface area contributed by atoms with Crippen LogP contribution >= 0.6 is 0 Å². The molecule has 0 bridgehead atoms. The molecule has 1 saturated carbocycles. The first kappa shape index (κ1) is 16.9. The van der Waals surface area contributed by atoms with Gasteiger partial charge in [0.2, 0.25) is 0 Å². The molecule has 0 unspecified atom stereocenters. The van der Waals surface area contributed by atoms with Crippen molar-refractivity contribution in [3.8, 4) is 22.5 Å². The highest BCUT2D eigenvalue weighted by molar-refractivity contribution is 5.88. The Labute approximate surface area is 157 Å². The summed E-state index contributed by atoms with van der Waals surface area (Å²) in [5.74, 6) is -3.23. The minimum absolute atomic E-state index is 0.127. The fourth-order valence-corrected chi connectivity index (χ4v) is 3.51. The summed E-state index contributed by atoms with van der Waals surface area (Å²) in [5, 5.41) is 8.49. The predicted octanol–water partition coefficient (Wildman–Crippen LogP) is 5.66. The SMILES string of the molecule is Fc1ccc(-c2cc(-c3cc4cc(F)c(F)cc4n3C3CC3)cnn2)c(F)c1. The third kappa shape index (κ3) is 2.74. The molecule has 0 saturated heterocycles. The van der Waals surface area contributed by atoms with Gasteiger partial charge < -0.3 is 4.57 Å². The average Bonchev–Trinajstić information content (AvgIpc) is 3.44. The maximum atomic E-state index is 14.1. The van der Waals surface area contributed by atoms with E-state index in [1.165, 1.54) is 24.4 Å². The van der Waals surface area contributed by atoms with Gasteiger partial charge >= 0.3 is 0 Å². The van der Waals surface area contributed by atoms with Gasteiger partial charge in [-0.3, -0.25) is 0 Å². The zero-order chi connectivity index (χ0) is 19.4. The van der Waals surface area contributed by atoms with E-state index in [1.807, 2.05) is 4.57 Å². The summed E-state index contributed by atoms with van der Waals surface area (Å²) < 4.78 is 56.8. The molecule has 0 radical (unpaired) electrons. The molecule has 0 amide bonds. The van der Waals surface area contributed by atoms with Gasteiger partial charge in [0.1, 0.15) is 11.6 Å². The molecule has 1 aliphatic carbocycles. The fourth-order valence-electron chi connectivity index (χ4n) is 3.51. The van der Waals surface area contributed by atoms with E-state index in [4.69, 9.17) is 0 Å². The van der Waals surface area contributed by atoms with Crippen molar-refractivity contribution >= 4 is 10.9 Å². The zero-order valence-electron chi connectivity index (χ0n) is 14.5. The van der Waals surface area contributed by atoms with E-state index in [2.05, 4.69) is 10.2 Å². The number of rotatable bonds is 3. The van der Waals surface area contributed by atoms with Crippen LogP contribution in [-0.2, 0) is 0 Å². The van der Waals surface area contributed by atoms with Crippen LogP contribution in [0.25, 0.3) is 33.4 Å². The van der Waals surface area contributed by atoms with E-state index in [1.54, 1.807) is 12.1 Å². The first-order chi connectivity index (χ1) is 13.5. The molecule has 1 aliphatic rings. The summed E-state index contributed by atoms with van der Waals surface area (Å²) in [7, 11) is 0. The predicted molar refractivity (Wildman–Crippen MR) is 96.5 cm³/mol. The fraction of sp³-hybridized carbons (Fsp3) is 0.143. The van der Waals surface area contributed by atoms with Gasteiger partial charge in [-0.15, -0.1) is 0 Å². The van der Waals surface area contributed by atoms with E-state index in [0.29, 0.717) is 16.5 Å². The standard InChI is InChI=1S/C21H13F4N3/c22-13-1-4-15(16(23)8-13)19-6-12(10-26-27-19)20-7-11-5-17(24)18(25)9-21(11)28(20)14-2-3-14/h1,4-10,14H,2-3H2. The molecule has 140 valence electrons. The van der Waals surface area contributed by atoms with Crippen molar-refractivity contribution in [2.75, 3.05) is 0 Å². The number of benzene rings is 2. The highest BCUT2D eigenvalue weighted by atomic mass is 19.2. The number of fused-ring (bicyclic) bond motifs is 1. The minimum atomic E-state index is -0.908. The monoisotopic (exact) mass is 383 g/mol. The average molecular weight is 383 g/mol. The van der Waals surface area contributed by atoms with Gasteiger partial charge in [0.25, 0.3) is 0 Å². The summed E-state index contributed by atoms with van der Waals surface area (Å²) in [6.45, 7) is 0. The smallest absolute Gasteiger partial charge is 0.160 e. The van der Waals surface area contributed by atoms with Crippen molar-refractivity contribution in [1.82, 2.24) is 14.8 Å². The van der Waals surface area contributed by atoms with Crippen LogP contribution in [0.4, 0.5) is 17.6 Å².